The van der Waals surface area contributed by atoms with Gasteiger partial charge in [0.1, 0.15) is 0 Å². The first kappa shape index (κ1) is 16.2. The van der Waals surface area contributed by atoms with Gasteiger partial charge in [0.05, 0.1) is 12.7 Å². The molecule has 0 radical (unpaired) electrons. The molecule has 0 aromatic heterocycles. The Hall–Kier alpha value is -2.17. The van der Waals surface area contributed by atoms with Crippen molar-refractivity contribution >= 4 is 40.8 Å². The first-order chi connectivity index (χ1) is 10.4. The number of phenolic OH excluding ortho intramolecular Hbond substituents is 1. The molecule has 0 aliphatic rings. The molecule has 0 heterocycles. The van der Waals surface area contributed by atoms with Crippen LogP contribution in [0.2, 0.25) is 10.0 Å². The Labute approximate surface area is 137 Å². The minimum atomic E-state index is -1.14. The van der Waals surface area contributed by atoms with Gasteiger partial charge in [-0.1, -0.05) is 29.3 Å². The lowest BCUT2D eigenvalue weighted by atomic mass is 10.0. The number of halogens is 2. The van der Waals surface area contributed by atoms with E-state index in [-0.39, 0.29) is 22.1 Å². The third-order valence-electron chi connectivity index (χ3n) is 2.96. The van der Waals surface area contributed by atoms with E-state index < -0.39 is 5.97 Å². The van der Waals surface area contributed by atoms with Gasteiger partial charge < -0.3 is 14.9 Å². The van der Waals surface area contributed by atoms with Crippen LogP contribution < -0.4 is 4.74 Å². The number of ether oxygens (including phenoxy) is 1. The summed E-state index contributed by atoms with van der Waals surface area (Å²) in [5.74, 6) is -0.927. The monoisotopic (exact) mass is 338 g/mol. The highest BCUT2D eigenvalue weighted by Crippen LogP contribution is 2.31. The number of aliphatic carboxylic acids is 1. The Balaban J connectivity index is 2.57. The summed E-state index contributed by atoms with van der Waals surface area (Å²) >= 11 is 12.0. The van der Waals surface area contributed by atoms with E-state index in [1.807, 2.05) is 0 Å². The minimum Gasteiger partial charge on any atom is -0.504 e. The zero-order valence-corrected chi connectivity index (χ0v) is 13.0. The quantitative estimate of drug-likeness (QED) is 0.643. The van der Waals surface area contributed by atoms with E-state index in [4.69, 9.17) is 27.9 Å². The number of aromatic hydroxyl groups is 1. The second kappa shape index (κ2) is 6.73. The molecule has 114 valence electrons. The van der Waals surface area contributed by atoms with Gasteiger partial charge in [0.25, 0.3) is 0 Å². The molecular formula is C16H12Cl2O4. The Morgan fingerprint density at radius 3 is 2.55 bits per heavy atom. The molecule has 0 aliphatic carbocycles. The number of carboxylic acid groups (broad SMARTS) is 1. The van der Waals surface area contributed by atoms with Gasteiger partial charge in [-0.15, -0.1) is 0 Å². The van der Waals surface area contributed by atoms with Gasteiger partial charge in [-0.3, -0.25) is 0 Å². The zero-order chi connectivity index (χ0) is 16.3. The molecule has 2 rings (SSSR count). The normalized spacial score (nSPS) is 11.3. The molecule has 6 heteroatoms. The summed E-state index contributed by atoms with van der Waals surface area (Å²) in [6, 6.07) is 9.12. The summed E-state index contributed by atoms with van der Waals surface area (Å²) < 4.78 is 5.00. The fourth-order valence-corrected chi connectivity index (χ4v) is 2.30. The van der Waals surface area contributed by atoms with Crippen molar-refractivity contribution in [3.05, 3.63) is 57.6 Å². The first-order valence-corrected chi connectivity index (χ1v) is 6.95. The first-order valence-electron chi connectivity index (χ1n) is 6.20. The van der Waals surface area contributed by atoms with E-state index >= 15 is 0 Å². The van der Waals surface area contributed by atoms with Crippen LogP contribution in [-0.4, -0.2) is 23.3 Å². The third kappa shape index (κ3) is 3.53. The Morgan fingerprint density at radius 2 is 1.91 bits per heavy atom. The fraction of sp³-hybridized carbons (Fsp3) is 0.0625. The predicted molar refractivity (Wildman–Crippen MR) is 86.6 cm³/mol. The molecule has 0 saturated heterocycles. The number of phenols is 1. The SMILES string of the molecule is COc1cc(/C=C(\C(=O)O)c2cc(Cl)ccc2Cl)ccc1O. The summed E-state index contributed by atoms with van der Waals surface area (Å²) in [5, 5.41) is 19.7. The highest BCUT2D eigenvalue weighted by atomic mass is 35.5. The molecule has 0 amide bonds. The van der Waals surface area contributed by atoms with Gasteiger partial charge in [-0.05, 0) is 42.0 Å². The predicted octanol–water partition coefficient (Wildman–Crippen LogP) is 4.33. The zero-order valence-electron chi connectivity index (χ0n) is 11.5. The number of carboxylic acids is 1. The van der Waals surface area contributed by atoms with Gasteiger partial charge in [0, 0.05) is 15.6 Å². The third-order valence-corrected chi connectivity index (χ3v) is 3.53. The van der Waals surface area contributed by atoms with Crippen LogP contribution in [0.25, 0.3) is 11.6 Å². The molecule has 2 aromatic carbocycles. The molecule has 0 aliphatic heterocycles. The smallest absolute Gasteiger partial charge is 0.336 e. The Morgan fingerprint density at radius 1 is 1.18 bits per heavy atom. The Kier molecular flexibility index (Phi) is 4.96. The van der Waals surface area contributed by atoms with E-state index in [9.17, 15) is 15.0 Å². The van der Waals surface area contributed by atoms with Crippen LogP contribution >= 0.6 is 23.2 Å². The molecule has 22 heavy (non-hydrogen) atoms. The molecular weight excluding hydrogens is 327 g/mol. The van der Waals surface area contributed by atoms with Crippen molar-refractivity contribution in [1.29, 1.82) is 0 Å². The number of hydrogen-bond donors (Lipinski definition) is 2. The summed E-state index contributed by atoms with van der Waals surface area (Å²) in [4.78, 5) is 11.5. The number of carbonyl (C=O) groups is 1. The van der Waals surface area contributed by atoms with Crippen molar-refractivity contribution < 1.29 is 19.7 Å². The minimum absolute atomic E-state index is 0.0137. The van der Waals surface area contributed by atoms with Crippen LogP contribution in [0, 0.1) is 0 Å². The standard InChI is InChI=1S/C16H12Cl2O4/c1-22-15-7-9(2-5-14(15)19)6-12(16(20)21)11-8-10(17)3-4-13(11)18/h2-8,19H,1H3,(H,20,21)/b12-6-. The lowest BCUT2D eigenvalue weighted by Crippen LogP contribution is -2.00. The lowest BCUT2D eigenvalue weighted by molar-refractivity contribution is -0.130. The van der Waals surface area contributed by atoms with E-state index in [2.05, 4.69) is 0 Å². The van der Waals surface area contributed by atoms with Crippen LogP contribution in [0.4, 0.5) is 0 Å². The molecule has 0 saturated carbocycles. The van der Waals surface area contributed by atoms with Crippen molar-refractivity contribution in [2.24, 2.45) is 0 Å². The van der Waals surface area contributed by atoms with E-state index in [0.717, 1.165) is 0 Å². The van der Waals surface area contributed by atoms with Crippen molar-refractivity contribution in [3.63, 3.8) is 0 Å². The maximum absolute atomic E-state index is 11.5. The molecule has 0 atom stereocenters. The number of methoxy groups -OCH3 is 1. The number of benzene rings is 2. The molecule has 0 bridgehead atoms. The van der Waals surface area contributed by atoms with Crippen LogP contribution in [0.5, 0.6) is 11.5 Å². The largest absolute Gasteiger partial charge is 0.504 e. The molecule has 0 unspecified atom stereocenters. The van der Waals surface area contributed by atoms with Crippen LogP contribution in [-0.2, 0) is 4.79 Å². The van der Waals surface area contributed by atoms with Crippen LogP contribution in [0.1, 0.15) is 11.1 Å². The highest BCUT2D eigenvalue weighted by Gasteiger charge is 2.15. The van der Waals surface area contributed by atoms with Gasteiger partial charge in [-0.25, -0.2) is 4.79 Å². The molecule has 0 spiro atoms. The highest BCUT2D eigenvalue weighted by molar-refractivity contribution is 6.37. The van der Waals surface area contributed by atoms with E-state index in [1.54, 1.807) is 12.1 Å². The summed E-state index contributed by atoms with van der Waals surface area (Å²) in [6.45, 7) is 0. The second-order valence-corrected chi connectivity index (χ2v) is 5.26. The lowest BCUT2D eigenvalue weighted by Gasteiger charge is -2.08. The molecule has 0 fully saturated rings. The van der Waals surface area contributed by atoms with Gasteiger partial charge in [0.2, 0.25) is 0 Å². The maximum Gasteiger partial charge on any atom is 0.336 e. The molecule has 2 aromatic rings. The average molecular weight is 339 g/mol. The van der Waals surface area contributed by atoms with E-state index in [1.165, 1.54) is 37.5 Å². The molecule has 4 nitrogen and oxygen atoms in total. The fourth-order valence-electron chi connectivity index (χ4n) is 1.91. The molecule has 2 N–H and O–H groups in total. The van der Waals surface area contributed by atoms with Crippen molar-refractivity contribution in [2.75, 3.05) is 7.11 Å². The summed E-state index contributed by atoms with van der Waals surface area (Å²) in [6.07, 6.45) is 1.43. The van der Waals surface area contributed by atoms with Crippen molar-refractivity contribution in [3.8, 4) is 11.5 Å². The summed E-state index contributed by atoms with van der Waals surface area (Å²) in [5.41, 5.74) is 0.844. The van der Waals surface area contributed by atoms with Crippen LogP contribution in [0.15, 0.2) is 36.4 Å². The number of hydrogen-bond acceptors (Lipinski definition) is 3. The van der Waals surface area contributed by atoms with Gasteiger partial charge in [0.15, 0.2) is 11.5 Å². The summed E-state index contributed by atoms with van der Waals surface area (Å²) in [7, 11) is 1.41. The van der Waals surface area contributed by atoms with Crippen molar-refractivity contribution in [1.82, 2.24) is 0 Å². The van der Waals surface area contributed by atoms with Gasteiger partial charge >= 0.3 is 5.97 Å². The van der Waals surface area contributed by atoms with Gasteiger partial charge in [-0.2, -0.15) is 0 Å². The second-order valence-electron chi connectivity index (χ2n) is 4.42. The topological polar surface area (TPSA) is 66.8 Å². The Bertz CT molecular complexity index is 754. The van der Waals surface area contributed by atoms with E-state index in [0.29, 0.717) is 16.1 Å². The van der Waals surface area contributed by atoms with Crippen molar-refractivity contribution in [2.45, 2.75) is 0 Å². The number of rotatable bonds is 4. The average Bonchev–Trinajstić information content (AvgIpc) is 2.48. The maximum atomic E-state index is 11.5. The van der Waals surface area contributed by atoms with Crippen LogP contribution in [0.3, 0.4) is 0 Å².